The van der Waals surface area contributed by atoms with Gasteiger partial charge in [-0.05, 0) is 62.9 Å². The fraction of sp³-hybridized carbons (Fsp3) is 0.529. The molecule has 4 nitrogen and oxygen atoms in total. The molecule has 1 saturated heterocycles. The van der Waals surface area contributed by atoms with Crippen LogP contribution in [-0.2, 0) is 6.54 Å². The molecule has 3 heterocycles. The third-order valence-electron chi connectivity index (χ3n) is 4.80. The highest BCUT2D eigenvalue weighted by Gasteiger charge is 2.24. The summed E-state index contributed by atoms with van der Waals surface area (Å²) in [4.78, 5) is 7.13. The molecule has 1 aliphatic carbocycles. The molecule has 2 aromatic heterocycles. The van der Waals surface area contributed by atoms with Crippen LogP contribution in [-0.4, -0.2) is 33.3 Å². The summed E-state index contributed by atoms with van der Waals surface area (Å²) in [7, 11) is 2.20. The lowest BCUT2D eigenvalue weighted by atomic mass is 10.1. The monoisotopic (exact) mass is 282 g/mol. The van der Waals surface area contributed by atoms with Gasteiger partial charge in [-0.1, -0.05) is 6.07 Å². The van der Waals surface area contributed by atoms with Crippen LogP contribution in [0.15, 0.2) is 30.6 Å². The van der Waals surface area contributed by atoms with Gasteiger partial charge in [-0.25, -0.2) is 0 Å². The zero-order chi connectivity index (χ0) is 14.2. The molecular weight excluding hydrogens is 260 g/mol. The summed E-state index contributed by atoms with van der Waals surface area (Å²) in [5.74, 6) is 0.829. The van der Waals surface area contributed by atoms with Crippen molar-refractivity contribution >= 4 is 0 Å². The molecule has 2 aliphatic rings. The maximum Gasteiger partial charge on any atom is 0.0883 e. The van der Waals surface area contributed by atoms with Crippen molar-refractivity contribution in [1.29, 1.82) is 0 Å². The van der Waals surface area contributed by atoms with Gasteiger partial charge in [0.25, 0.3) is 0 Å². The summed E-state index contributed by atoms with van der Waals surface area (Å²) in [6, 6.07) is 7.01. The molecule has 0 bridgehead atoms. The van der Waals surface area contributed by atoms with E-state index in [-0.39, 0.29) is 0 Å². The molecule has 2 fully saturated rings. The molecule has 0 radical (unpaired) electrons. The van der Waals surface area contributed by atoms with Gasteiger partial charge in [0.15, 0.2) is 0 Å². The van der Waals surface area contributed by atoms with E-state index in [0.717, 1.165) is 23.9 Å². The molecule has 0 amide bonds. The zero-order valence-electron chi connectivity index (χ0n) is 12.6. The van der Waals surface area contributed by atoms with Crippen LogP contribution in [0, 0.1) is 5.92 Å². The van der Waals surface area contributed by atoms with Gasteiger partial charge < -0.3 is 0 Å². The lowest BCUT2D eigenvalue weighted by Gasteiger charge is -2.19. The molecule has 1 saturated carbocycles. The molecule has 0 aromatic carbocycles. The Morgan fingerprint density at radius 3 is 2.76 bits per heavy atom. The number of likely N-dealkylation sites (tertiary alicyclic amines) is 1. The quantitative estimate of drug-likeness (QED) is 0.864. The van der Waals surface area contributed by atoms with E-state index in [1.165, 1.54) is 37.8 Å². The topological polar surface area (TPSA) is 34.0 Å². The average molecular weight is 282 g/mol. The molecular formula is C17H22N4. The first-order valence-electron chi connectivity index (χ1n) is 7.99. The lowest BCUT2D eigenvalue weighted by molar-refractivity contribution is 0.317. The van der Waals surface area contributed by atoms with Crippen molar-refractivity contribution in [3.05, 3.63) is 36.2 Å². The van der Waals surface area contributed by atoms with Crippen molar-refractivity contribution in [2.75, 3.05) is 13.6 Å². The molecule has 4 rings (SSSR count). The third-order valence-corrected chi connectivity index (χ3v) is 4.80. The Hall–Kier alpha value is -1.68. The van der Waals surface area contributed by atoms with E-state index in [4.69, 9.17) is 4.98 Å². The molecule has 1 aliphatic heterocycles. The first-order chi connectivity index (χ1) is 10.3. The maximum absolute atomic E-state index is 4.70. The van der Waals surface area contributed by atoms with Crippen molar-refractivity contribution in [2.45, 2.75) is 38.3 Å². The third kappa shape index (κ3) is 2.60. The van der Waals surface area contributed by atoms with Crippen LogP contribution in [0.2, 0.25) is 0 Å². The SMILES string of the molecule is CN1CCC[C@H]1c1ccc(-c2ccnn2CC2CC2)nc1. The number of hydrogen-bond acceptors (Lipinski definition) is 3. The van der Waals surface area contributed by atoms with Crippen molar-refractivity contribution in [3.63, 3.8) is 0 Å². The van der Waals surface area contributed by atoms with E-state index in [1.807, 2.05) is 6.20 Å². The highest BCUT2D eigenvalue weighted by atomic mass is 15.3. The minimum atomic E-state index is 0.544. The van der Waals surface area contributed by atoms with Crippen LogP contribution < -0.4 is 0 Å². The molecule has 0 unspecified atom stereocenters. The average Bonchev–Trinajstić information content (AvgIpc) is 3.02. The molecule has 110 valence electrons. The number of nitrogens with zero attached hydrogens (tertiary/aromatic N) is 4. The summed E-state index contributed by atoms with van der Waals surface area (Å²) in [5.41, 5.74) is 3.53. The summed E-state index contributed by atoms with van der Waals surface area (Å²) in [6.45, 7) is 2.23. The smallest absolute Gasteiger partial charge is 0.0883 e. The van der Waals surface area contributed by atoms with Gasteiger partial charge in [-0.2, -0.15) is 5.10 Å². The minimum absolute atomic E-state index is 0.544. The van der Waals surface area contributed by atoms with Crippen molar-refractivity contribution in [3.8, 4) is 11.4 Å². The number of hydrogen-bond donors (Lipinski definition) is 0. The van der Waals surface area contributed by atoms with E-state index < -0.39 is 0 Å². The Bertz CT molecular complexity index is 612. The van der Waals surface area contributed by atoms with Crippen molar-refractivity contribution < 1.29 is 0 Å². The standard InChI is InChI=1S/C17H22N4/c1-20-10-2-3-16(20)14-6-7-15(18-11-14)17-8-9-19-21(17)12-13-4-5-13/h6-9,11,13,16H,2-5,10,12H2,1H3/t16-/m0/s1. The van der Waals surface area contributed by atoms with Gasteiger partial charge in [0, 0.05) is 25.0 Å². The number of pyridine rings is 1. The minimum Gasteiger partial charge on any atom is -0.299 e. The molecule has 21 heavy (non-hydrogen) atoms. The highest BCUT2D eigenvalue weighted by molar-refractivity contribution is 5.54. The Labute approximate surface area is 125 Å². The van der Waals surface area contributed by atoms with Crippen molar-refractivity contribution in [1.82, 2.24) is 19.7 Å². The van der Waals surface area contributed by atoms with Crippen LogP contribution in [0.4, 0.5) is 0 Å². The van der Waals surface area contributed by atoms with Crippen molar-refractivity contribution in [2.24, 2.45) is 5.92 Å². The summed E-state index contributed by atoms with van der Waals surface area (Å²) in [5, 5.41) is 4.45. The fourth-order valence-corrected chi connectivity index (χ4v) is 3.33. The van der Waals surface area contributed by atoms with Gasteiger partial charge in [0.1, 0.15) is 0 Å². The zero-order valence-corrected chi connectivity index (χ0v) is 12.6. The molecule has 0 N–H and O–H groups in total. The second kappa shape index (κ2) is 5.26. The fourth-order valence-electron chi connectivity index (χ4n) is 3.33. The first-order valence-corrected chi connectivity index (χ1v) is 7.99. The normalized spacial score (nSPS) is 22.8. The number of rotatable bonds is 4. The van der Waals surface area contributed by atoms with Gasteiger partial charge in [-0.3, -0.25) is 14.6 Å². The van der Waals surface area contributed by atoms with E-state index in [0.29, 0.717) is 6.04 Å². The lowest BCUT2D eigenvalue weighted by Crippen LogP contribution is -2.17. The molecule has 2 aromatic rings. The van der Waals surface area contributed by atoms with E-state index in [9.17, 15) is 0 Å². The van der Waals surface area contributed by atoms with Crippen LogP contribution in [0.1, 0.15) is 37.3 Å². The predicted octanol–water partition coefficient (Wildman–Crippen LogP) is 3.12. The van der Waals surface area contributed by atoms with Crippen LogP contribution >= 0.6 is 0 Å². The van der Waals surface area contributed by atoms with Crippen LogP contribution in [0.5, 0.6) is 0 Å². The van der Waals surface area contributed by atoms with Crippen LogP contribution in [0.3, 0.4) is 0 Å². The first kappa shape index (κ1) is 13.0. The van der Waals surface area contributed by atoms with E-state index >= 15 is 0 Å². The predicted molar refractivity (Wildman–Crippen MR) is 82.8 cm³/mol. The van der Waals surface area contributed by atoms with Gasteiger partial charge >= 0.3 is 0 Å². The maximum atomic E-state index is 4.70. The second-order valence-corrected chi connectivity index (χ2v) is 6.46. The summed E-state index contributed by atoms with van der Waals surface area (Å²) >= 11 is 0. The Balaban J connectivity index is 1.57. The highest BCUT2D eigenvalue weighted by Crippen LogP contribution is 2.33. The molecule has 1 atom stereocenters. The van der Waals surface area contributed by atoms with Crippen LogP contribution in [0.25, 0.3) is 11.4 Å². The molecule has 4 heteroatoms. The summed E-state index contributed by atoms with van der Waals surface area (Å²) in [6.07, 6.45) is 9.17. The van der Waals surface area contributed by atoms with E-state index in [1.54, 1.807) is 0 Å². The second-order valence-electron chi connectivity index (χ2n) is 6.46. The summed E-state index contributed by atoms with van der Waals surface area (Å²) < 4.78 is 2.11. The van der Waals surface area contributed by atoms with Gasteiger partial charge in [0.05, 0.1) is 11.4 Å². The Morgan fingerprint density at radius 2 is 2.10 bits per heavy atom. The van der Waals surface area contributed by atoms with Gasteiger partial charge in [0.2, 0.25) is 0 Å². The Kier molecular flexibility index (Phi) is 3.26. The number of aromatic nitrogens is 3. The van der Waals surface area contributed by atoms with Gasteiger partial charge in [-0.15, -0.1) is 0 Å². The van der Waals surface area contributed by atoms with E-state index in [2.05, 4.69) is 46.1 Å². The Morgan fingerprint density at radius 1 is 1.19 bits per heavy atom. The molecule has 0 spiro atoms. The largest absolute Gasteiger partial charge is 0.299 e.